The molecule has 3 unspecified atom stereocenters. The van der Waals surface area contributed by atoms with E-state index in [4.69, 9.17) is 11.6 Å². The van der Waals surface area contributed by atoms with Crippen LogP contribution in [0, 0.1) is 17.3 Å². The number of nitrogens with zero attached hydrogens (tertiary/aromatic N) is 4. The molecule has 3 fully saturated rings. The minimum absolute atomic E-state index is 0.148. The maximum atomic E-state index is 7.73. The summed E-state index contributed by atoms with van der Waals surface area (Å²) >= 11 is 7.73. The Morgan fingerprint density at radius 1 is 0.784 bits per heavy atom. The zero-order valence-corrected chi connectivity index (χ0v) is 21.5. The third-order valence-corrected chi connectivity index (χ3v) is 9.92. The highest BCUT2D eigenvalue weighted by molar-refractivity contribution is 6.31. The first-order valence-electron chi connectivity index (χ1n) is 13.6. The van der Waals surface area contributed by atoms with E-state index in [-0.39, 0.29) is 6.17 Å². The normalized spacial score (nSPS) is 27.7. The fourth-order valence-corrected chi connectivity index (χ4v) is 8.38. The second kappa shape index (κ2) is 8.06. The maximum absolute atomic E-state index is 7.73. The van der Waals surface area contributed by atoms with Crippen LogP contribution in [0.2, 0.25) is 0 Å². The number of anilines is 4. The summed E-state index contributed by atoms with van der Waals surface area (Å²) in [4.78, 5) is 14.2. The van der Waals surface area contributed by atoms with Gasteiger partial charge in [-0.25, -0.2) is 0 Å². The van der Waals surface area contributed by atoms with E-state index in [2.05, 4.69) is 92.6 Å². The Bertz CT molecular complexity index is 1450. The van der Waals surface area contributed by atoms with E-state index in [0.29, 0.717) is 17.3 Å². The van der Waals surface area contributed by atoms with E-state index in [1.807, 2.05) is 0 Å². The first-order valence-corrected chi connectivity index (χ1v) is 13.9. The molecule has 8 rings (SSSR count). The number of allylic oxidation sites excluding steroid dienone is 1. The Morgan fingerprint density at radius 2 is 1.38 bits per heavy atom. The maximum Gasteiger partial charge on any atom is 0.147 e. The number of rotatable bonds is 3. The molecule has 1 aliphatic heterocycles. The molecule has 3 saturated carbocycles. The molecule has 3 aromatic carbocycles. The van der Waals surface area contributed by atoms with Crippen LogP contribution in [0.15, 0.2) is 95.8 Å². The molecule has 2 bridgehead atoms. The predicted molar refractivity (Wildman–Crippen MR) is 150 cm³/mol. The number of aromatic nitrogens is 2. The van der Waals surface area contributed by atoms with Crippen LogP contribution in [0.4, 0.5) is 22.7 Å². The second-order valence-electron chi connectivity index (χ2n) is 11.2. The summed E-state index contributed by atoms with van der Waals surface area (Å²) in [5.74, 6) is 1.27. The summed E-state index contributed by atoms with van der Waals surface area (Å²) in [5, 5.41) is 1.02. The van der Waals surface area contributed by atoms with Crippen LogP contribution >= 0.6 is 11.6 Å². The van der Waals surface area contributed by atoms with Gasteiger partial charge in [0, 0.05) is 23.8 Å². The molecule has 3 aliphatic carbocycles. The summed E-state index contributed by atoms with van der Waals surface area (Å²) in [6.07, 6.45) is 11.4. The molecule has 0 N–H and O–H groups in total. The molecule has 184 valence electrons. The Labute approximate surface area is 222 Å². The van der Waals surface area contributed by atoms with E-state index in [1.54, 1.807) is 18.0 Å². The van der Waals surface area contributed by atoms with Gasteiger partial charge in [-0.05, 0) is 91.3 Å². The predicted octanol–water partition coefficient (Wildman–Crippen LogP) is 8.34. The van der Waals surface area contributed by atoms with Gasteiger partial charge in [0.15, 0.2) is 0 Å². The van der Waals surface area contributed by atoms with Crippen molar-refractivity contribution in [2.24, 2.45) is 17.3 Å². The standard InChI is InChI=1S/C32H29ClN4/c33-30(29-21-8-7-14-32(20-21)15-13-24(29)32)31-36(22-9-3-1-4-10-22)27-18-25-26(35-17-16-34-25)19-28(27)37(31)23-11-5-2-6-12-23/h1-6,9-12,16-19,21,24,31H,7-8,13-15,20H2/b30-29-. The zero-order valence-electron chi connectivity index (χ0n) is 20.7. The Hall–Kier alpha value is -3.37. The summed E-state index contributed by atoms with van der Waals surface area (Å²) in [7, 11) is 0. The lowest BCUT2D eigenvalue weighted by Crippen LogP contribution is -2.41. The molecule has 3 atom stereocenters. The lowest BCUT2D eigenvalue weighted by Gasteiger charge is -2.47. The first kappa shape index (κ1) is 21.7. The van der Waals surface area contributed by atoms with Gasteiger partial charge in [0.25, 0.3) is 0 Å². The van der Waals surface area contributed by atoms with Crippen molar-refractivity contribution in [1.29, 1.82) is 0 Å². The molecule has 1 spiro atoms. The van der Waals surface area contributed by atoms with Crippen LogP contribution < -0.4 is 9.80 Å². The fourth-order valence-electron chi connectivity index (χ4n) is 7.90. The van der Waals surface area contributed by atoms with Gasteiger partial charge in [-0.15, -0.1) is 0 Å². The smallest absolute Gasteiger partial charge is 0.147 e. The van der Waals surface area contributed by atoms with Crippen LogP contribution in [-0.4, -0.2) is 16.1 Å². The SMILES string of the molecule is Cl/C(=C1/C2CCCC3(CCC13)C2)C1N(c2ccccc2)c2cc3nccnc3cc2N1c1ccccc1. The van der Waals surface area contributed by atoms with Gasteiger partial charge < -0.3 is 9.80 Å². The van der Waals surface area contributed by atoms with Gasteiger partial charge in [0.1, 0.15) is 6.17 Å². The van der Waals surface area contributed by atoms with Gasteiger partial charge in [0.2, 0.25) is 0 Å². The summed E-state index contributed by atoms with van der Waals surface area (Å²) in [5.41, 5.74) is 8.38. The molecule has 37 heavy (non-hydrogen) atoms. The molecule has 4 aromatic rings. The largest absolute Gasteiger partial charge is 0.313 e. The fraction of sp³-hybridized carbons (Fsp3) is 0.312. The van der Waals surface area contributed by atoms with Gasteiger partial charge in [-0.2, -0.15) is 0 Å². The van der Waals surface area contributed by atoms with Crippen LogP contribution in [0.5, 0.6) is 0 Å². The molecule has 0 radical (unpaired) electrons. The highest BCUT2D eigenvalue weighted by Gasteiger charge is 2.59. The highest BCUT2D eigenvalue weighted by atomic mass is 35.5. The van der Waals surface area contributed by atoms with Crippen LogP contribution in [0.1, 0.15) is 38.5 Å². The third-order valence-electron chi connectivity index (χ3n) is 9.51. The average Bonchev–Trinajstić information content (AvgIpc) is 3.35. The lowest BCUT2D eigenvalue weighted by atomic mass is 9.58. The molecule has 1 aromatic heterocycles. The van der Waals surface area contributed by atoms with Crippen LogP contribution in [-0.2, 0) is 0 Å². The van der Waals surface area contributed by atoms with Crippen molar-refractivity contribution in [3.8, 4) is 0 Å². The quantitative estimate of drug-likeness (QED) is 0.280. The summed E-state index contributed by atoms with van der Waals surface area (Å²) < 4.78 is 0. The van der Waals surface area contributed by atoms with Gasteiger partial charge in [-0.3, -0.25) is 9.97 Å². The van der Waals surface area contributed by atoms with Gasteiger partial charge in [-0.1, -0.05) is 54.4 Å². The molecule has 0 amide bonds. The van der Waals surface area contributed by atoms with Crippen LogP contribution in [0.3, 0.4) is 0 Å². The zero-order chi connectivity index (χ0) is 24.6. The Kier molecular flexibility index (Phi) is 4.73. The average molecular weight is 505 g/mol. The van der Waals surface area contributed by atoms with Crippen molar-refractivity contribution in [3.63, 3.8) is 0 Å². The van der Waals surface area contributed by atoms with Crippen molar-refractivity contribution in [3.05, 3.63) is 95.8 Å². The molecule has 4 aliphatic rings. The number of hydrogen-bond donors (Lipinski definition) is 0. The van der Waals surface area contributed by atoms with Gasteiger partial charge >= 0.3 is 0 Å². The Morgan fingerprint density at radius 3 is 1.89 bits per heavy atom. The van der Waals surface area contributed by atoms with E-state index in [9.17, 15) is 0 Å². The van der Waals surface area contributed by atoms with Crippen molar-refractivity contribution in [1.82, 2.24) is 9.97 Å². The van der Waals surface area contributed by atoms with Crippen molar-refractivity contribution >= 4 is 45.4 Å². The molecular weight excluding hydrogens is 476 g/mol. The van der Waals surface area contributed by atoms with Crippen molar-refractivity contribution in [2.75, 3.05) is 9.80 Å². The first-order chi connectivity index (χ1) is 18.2. The van der Waals surface area contributed by atoms with Crippen molar-refractivity contribution < 1.29 is 0 Å². The van der Waals surface area contributed by atoms with Gasteiger partial charge in [0.05, 0.1) is 27.4 Å². The number of para-hydroxylation sites is 2. The molecule has 4 nitrogen and oxygen atoms in total. The van der Waals surface area contributed by atoms with Crippen molar-refractivity contribution in [2.45, 2.75) is 44.7 Å². The van der Waals surface area contributed by atoms with E-state index in [1.165, 1.54) is 38.5 Å². The molecular formula is C32H29ClN4. The molecule has 5 heteroatoms. The number of halogens is 1. The Balaban J connectivity index is 1.40. The number of fused-ring (bicyclic) bond motifs is 3. The van der Waals surface area contributed by atoms with Crippen LogP contribution in [0.25, 0.3) is 11.0 Å². The lowest BCUT2D eigenvalue weighted by molar-refractivity contribution is 0.0520. The minimum Gasteiger partial charge on any atom is -0.313 e. The summed E-state index contributed by atoms with van der Waals surface area (Å²) in [6.45, 7) is 0. The highest BCUT2D eigenvalue weighted by Crippen LogP contribution is 2.69. The van der Waals surface area contributed by atoms with E-state index < -0.39 is 0 Å². The number of hydrogen-bond acceptors (Lipinski definition) is 4. The number of benzene rings is 3. The topological polar surface area (TPSA) is 32.3 Å². The van der Waals surface area contributed by atoms with E-state index >= 15 is 0 Å². The second-order valence-corrected chi connectivity index (χ2v) is 11.6. The third kappa shape index (κ3) is 3.08. The minimum atomic E-state index is -0.148. The monoisotopic (exact) mass is 504 g/mol. The molecule has 2 heterocycles. The van der Waals surface area contributed by atoms with E-state index in [0.717, 1.165) is 38.8 Å². The summed E-state index contributed by atoms with van der Waals surface area (Å²) in [6, 6.07) is 25.8. The molecule has 0 saturated heterocycles.